The van der Waals surface area contributed by atoms with Gasteiger partial charge in [-0.2, -0.15) is 0 Å². The van der Waals surface area contributed by atoms with Crippen molar-refractivity contribution in [3.63, 3.8) is 0 Å². The van der Waals surface area contributed by atoms with Gasteiger partial charge in [0.1, 0.15) is 11.6 Å². The highest BCUT2D eigenvalue weighted by atomic mass is 32.2. The van der Waals surface area contributed by atoms with Crippen LogP contribution >= 0.6 is 0 Å². The van der Waals surface area contributed by atoms with E-state index in [2.05, 4.69) is 10.0 Å². The lowest BCUT2D eigenvalue weighted by Crippen LogP contribution is -2.15. The first-order valence-corrected chi connectivity index (χ1v) is 10.2. The molecule has 0 bridgehead atoms. The van der Waals surface area contributed by atoms with Crippen molar-refractivity contribution >= 4 is 27.3 Å². The Bertz CT molecular complexity index is 1080. The molecule has 150 valence electrons. The number of benzene rings is 3. The minimum Gasteiger partial charge on any atom is -0.497 e. The maximum atomic E-state index is 13.0. The largest absolute Gasteiger partial charge is 0.497 e. The van der Waals surface area contributed by atoms with Crippen molar-refractivity contribution in [3.05, 3.63) is 84.2 Å². The zero-order valence-corrected chi connectivity index (χ0v) is 16.4. The second kappa shape index (κ2) is 8.74. The second-order valence-electron chi connectivity index (χ2n) is 6.21. The molecule has 3 rings (SSSR count). The standard InChI is InChI=1S/C21H19FN2O4S/c1-28-19-10-8-17(9-11-19)23-21(25)14-15-2-6-18(7-3-15)24-29(26,27)20-12-4-16(22)5-13-20/h2-13,24H,14H2,1H3,(H,23,25). The molecule has 0 radical (unpaired) electrons. The number of hydrogen-bond acceptors (Lipinski definition) is 4. The molecule has 3 aromatic rings. The Balaban J connectivity index is 1.60. The summed E-state index contributed by atoms with van der Waals surface area (Å²) in [7, 11) is -2.25. The molecule has 0 heterocycles. The Morgan fingerprint density at radius 3 is 2.07 bits per heavy atom. The molecule has 0 saturated carbocycles. The zero-order chi connectivity index (χ0) is 20.9. The lowest BCUT2D eigenvalue weighted by Gasteiger charge is -2.09. The molecule has 0 aromatic heterocycles. The van der Waals surface area contributed by atoms with Crippen molar-refractivity contribution < 1.29 is 22.3 Å². The first-order valence-electron chi connectivity index (χ1n) is 8.67. The van der Waals surface area contributed by atoms with Crippen LogP contribution in [0.25, 0.3) is 0 Å². The number of ether oxygens (including phenoxy) is 1. The molecule has 0 spiro atoms. The maximum Gasteiger partial charge on any atom is 0.261 e. The van der Waals surface area contributed by atoms with Gasteiger partial charge in [-0.1, -0.05) is 12.1 Å². The van der Waals surface area contributed by atoms with E-state index in [-0.39, 0.29) is 17.2 Å². The van der Waals surface area contributed by atoms with E-state index in [0.717, 1.165) is 17.7 Å². The van der Waals surface area contributed by atoms with Crippen LogP contribution in [0.3, 0.4) is 0 Å². The van der Waals surface area contributed by atoms with Crippen LogP contribution in [-0.2, 0) is 21.2 Å². The third-order valence-electron chi connectivity index (χ3n) is 4.07. The molecular weight excluding hydrogens is 395 g/mol. The van der Waals surface area contributed by atoms with Crippen molar-refractivity contribution in [3.8, 4) is 5.75 Å². The SMILES string of the molecule is COc1ccc(NC(=O)Cc2ccc(NS(=O)(=O)c3ccc(F)cc3)cc2)cc1. The van der Waals surface area contributed by atoms with Gasteiger partial charge in [0.2, 0.25) is 5.91 Å². The Labute approximate surface area is 168 Å². The number of carbonyl (C=O) groups excluding carboxylic acids is 1. The fraction of sp³-hybridized carbons (Fsp3) is 0.0952. The van der Waals surface area contributed by atoms with Crippen molar-refractivity contribution in [2.75, 3.05) is 17.1 Å². The van der Waals surface area contributed by atoms with E-state index in [1.165, 1.54) is 12.1 Å². The molecule has 3 aromatic carbocycles. The topological polar surface area (TPSA) is 84.5 Å². The third-order valence-corrected chi connectivity index (χ3v) is 5.47. The first kappa shape index (κ1) is 20.3. The van der Waals surface area contributed by atoms with Gasteiger partial charge in [-0.15, -0.1) is 0 Å². The normalized spacial score (nSPS) is 11.0. The third kappa shape index (κ3) is 5.55. The molecule has 0 aliphatic rings. The van der Waals surface area contributed by atoms with Gasteiger partial charge in [-0.05, 0) is 66.2 Å². The van der Waals surface area contributed by atoms with E-state index < -0.39 is 15.8 Å². The minimum absolute atomic E-state index is 0.0400. The number of rotatable bonds is 7. The molecule has 0 fully saturated rings. The fourth-order valence-corrected chi connectivity index (χ4v) is 3.64. The fourth-order valence-electron chi connectivity index (χ4n) is 2.58. The van der Waals surface area contributed by atoms with Crippen LogP contribution in [0, 0.1) is 5.82 Å². The van der Waals surface area contributed by atoms with E-state index >= 15 is 0 Å². The van der Waals surface area contributed by atoms with Gasteiger partial charge in [0.25, 0.3) is 10.0 Å². The molecular formula is C21H19FN2O4S. The molecule has 0 atom stereocenters. The number of carbonyl (C=O) groups is 1. The number of amides is 1. The molecule has 1 amide bonds. The number of hydrogen-bond donors (Lipinski definition) is 2. The molecule has 29 heavy (non-hydrogen) atoms. The monoisotopic (exact) mass is 414 g/mol. The summed E-state index contributed by atoms with van der Waals surface area (Å²) in [5, 5.41) is 2.78. The summed E-state index contributed by atoms with van der Waals surface area (Å²) in [5.41, 5.74) is 1.72. The summed E-state index contributed by atoms with van der Waals surface area (Å²) in [4.78, 5) is 12.1. The Hall–Kier alpha value is -3.39. The van der Waals surface area contributed by atoms with Crippen molar-refractivity contribution in [1.82, 2.24) is 0 Å². The Kier molecular flexibility index (Phi) is 6.13. The average Bonchev–Trinajstić information content (AvgIpc) is 2.70. The van der Waals surface area contributed by atoms with E-state index in [1.54, 1.807) is 55.6 Å². The van der Waals surface area contributed by atoms with Crippen LogP contribution in [-0.4, -0.2) is 21.4 Å². The summed E-state index contributed by atoms with van der Waals surface area (Å²) in [6.07, 6.45) is 0.136. The zero-order valence-electron chi connectivity index (χ0n) is 15.6. The molecule has 8 heteroatoms. The van der Waals surface area contributed by atoms with Crippen LogP contribution in [0.1, 0.15) is 5.56 Å². The lowest BCUT2D eigenvalue weighted by molar-refractivity contribution is -0.115. The van der Waals surface area contributed by atoms with E-state index in [4.69, 9.17) is 4.74 Å². The highest BCUT2D eigenvalue weighted by Gasteiger charge is 2.14. The van der Waals surface area contributed by atoms with Crippen molar-refractivity contribution in [1.29, 1.82) is 0 Å². The predicted molar refractivity (Wildman–Crippen MR) is 109 cm³/mol. The van der Waals surface area contributed by atoms with Crippen LogP contribution < -0.4 is 14.8 Å². The highest BCUT2D eigenvalue weighted by Crippen LogP contribution is 2.18. The van der Waals surface area contributed by atoms with Crippen LogP contribution in [0.15, 0.2) is 77.7 Å². The van der Waals surface area contributed by atoms with Crippen molar-refractivity contribution in [2.45, 2.75) is 11.3 Å². The van der Waals surface area contributed by atoms with Crippen molar-refractivity contribution in [2.24, 2.45) is 0 Å². The maximum absolute atomic E-state index is 13.0. The van der Waals surface area contributed by atoms with E-state index in [9.17, 15) is 17.6 Å². The number of methoxy groups -OCH3 is 1. The molecule has 0 unspecified atom stereocenters. The van der Waals surface area contributed by atoms with Gasteiger partial charge in [0.05, 0.1) is 18.4 Å². The van der Waals surface area contributed by atoms with Gasteiger partial charge in [0.15, 0.2) is 0 Å². The van der Waals surface area contributed by atoms with E-state index in [0.29, 0.717) is 17.1 Å². The smallest absolute Gasteiger partial charge is 0.261 e. The van der Waals surface area contributed by atoms with Gasteiger partial charge >= 0.3 is 0 Å². The van der Waals surface area contributed by atoms with Gasteiger partial charge < -0.3 is 10.1 Å². The Morgan fingerprint density at radius 2 is 1.48 bits per heavy atom. The summed E-state index contributed by atoms with van der Waals surface area (Å²) in [5.74, 6) is -0.0160. The van der Waals surface area contributed by atoms with Crippen LogP contribution in [0.4, 0.5) is 15.8 Å². The average molecular weight is 414 g/mol. The van der Waals surface area contributed by atoms with Gasteiger partial charge in [-0.3, -0.25) is 9.52 Å². The molecule has 0 aliphatic heterocycles. The molecule has 6 nitrogen and oxygen atoms in total. The predicted octanol–water partition coefficient (Wildman–Crippen LogP) is 3.82. The summed E-state index contributed by atoms with van der Waals surface area (Å²) in [6.45, 7) is 0. The molecule has 0 aliphatic carbocycles. The van der Waals surface area contributed by atoms with Crippen LogP contribution in [0.2, 0.25) is 0 Å². The summed E-state index contributed by atoms with van der Waals surface area (Å²) < 4.78 is 45.1. The summed E-state index contributed by atoms with van der Waals surface area (Å²) in [6, 6.07) is 18.0. The minimum atomic E-state index is -3.82. The van der Waals surface area contributed by atoms with Gasteiger partial charge in [-0.25, -0.2) is 12.8 Å². The first-order chi connectivity index (χ1) is 13.9. The number of nitrogens with one attached hydrogen (secondary N) is 2. The van der Waals surface area contributed by atoms with Gasteiger partial charge in [0, 0.05) is 11.4 Å². The molecule has 0 saturated heterocycles. The number of halogens is 1. The van der Waals surface area contributed by atoms with E-state index in [1.807, 2.05) is 0 Å². The molecule has 2 N–H and O–H groups in total. The number of anilines is 2. The second-order valence-corrected chi connectivity index (χ2v) is 7.89. The van der Waals surface area contributed by atoms with Crippen LogP contribution in [0.5, 0.6) is 5.75 Å². The number of sulfonamides is 1. The Morgan fingerprint density at radius 1 is 0.897 bits per heavy atom. The highest BCUT2D eigenvalue weighted by molar-refractivity contribution is 7.92. The lowest BCUT2D eigenvalue weighted by atomic mass is 10.1. The quantitative estimate of drug-likeness (QED) is 0.616. The summed E-state index contributed by atoms with van der Waals surface area (Å²) >= 11 is 0.